The molecule has 1 aromatic heterocycles. The van der Waals surface area contributed by atoms with E-state index in [9.17, 15) is 21.6 Å². The first-order valence-corrected chi connectivity index (χ1v) is 11.8. The maximum absolute atomic E-state index is 13.6. The van der Waals surface area contributed by atoms with Gasteiger partial charge in [-0.15, -0.1) is 13.2 Å². The molecule has 5 nitrogen and oxygen atoms in total. The number of rotatable bonds is 6. The Hall–Kier alpha value is -3.33. The van der Waals surface area contributed by atoms with E-state index in [0.29, 0.717) is 27.7 Å². The van der Waals surface area contributed by atoms with Crippen LogP contribution >= 0.6 is 0 Å². The number of hydrogen-bond donors (Lipinski definition) is 1. The molecule has 0 saturated heterocycles. The highest BCUT2D eigenvalue weighted by Gasteiger charge is 2.37. The zero-order valence-electron chi connectivity index (χ0n) is 17.8. The number of halogens is 3. The first-order valence-electron chi connectivity index (χ1n) is 10.2. The monoisotopic (exact) mass is 474 g/mol. The molecule has 9 heteroatoms. The largest absolute Gasteiger partial charge is 0.573 e. The number of benzene rings is 3. The molecule has 1 unspecified atom stereocenters. The Labute approximate surface area is 189 Å². The van der Waals surface area contributed by atoms with Crippen LogP contribution < -0.4 is 4.74 Å². The molecule has 0 amide bonds. The van der Waals surface area contributed by atoms with Gasteiger partial charge in [0, 0.05) is 11.1 Å². The van der Waals surface area contributed by atoms with Gasteiger partial charge < -0.3 is 9.72 Å². The second-order valence-corrected chi connectivity index (χ2v) is 10.4. The second kappa shape index (κ2) is 8.55. The van der Waals surface area contributed by atoms with Crippen LogP contribution in [0.4, 0.5) is 13.2 Å². The van der Waals surface area contributed by atoms with E-state index in [1.807, 2.05) is 0 Å². The summed E-state index contributed by atoms with van der Waals surface area (Å²) in [5.41, 5.74) is 2.15. The van der Waals surface area contributed by atoms with Crippen molar-refractivity contribution in [3.8, 4) is 16.9 Å². The first-order chi connectivity index (χ1) is 15.6. The summed E-state index contributed by atoms with van der Waals surface area (Å²) in [6.07, 6.45) is -3.48. The van der Waals surface area contributed by atoms with Gasteiger partial charge in [-0.05, 0) is 37.1 Å². The summed E-state index contributed by atoms with van der Waals surface area (Å²) in [7, 11) is -3.81. The van der Waals surface area contributed by atoms with Gasteiger partial charge in [0.1, 0.15) is 11.0 Å². The van der Waals surface area contributed by atoms with Crippen molar-refractivity contribution in [3.63, 3.8) is 0 Å². The van der Waals surface area contributed by atoms with Crippen molar-refractivity contribution in [1.82, 2.24) is 9.97 Å². The van der Waals surface area contributed by atoms with Crippen molar-refractivity contribution in [2.45, 2.75) is 30.7 Å². The van der Waals surface area contributed by atoms with Gasteiger partial charge in [-0.25, -0.2) is 13.4 Å². The highest BCUT2D eigenvalue weighted by atomic mass is 32.2. The number of nitrogens with one attached hydrogen (secondary N) is 1. The SMILES string of the molecule is CC(C)S(=O)(=O)C(c1ccccc1)c1c(-c2ccccc2OC(F)(F)F)ccc2[nH]cnc12. The molecule has 0 bridgehead atoms. The number of fused-ring (bicyclic) bond motifs is 1. The minimum atomic E-state index is -4.91. The van der Waals surface area contributed by atoms with E-state index in [1.54, 1.807) is 62.4 Å². The molecule has 0 aliphatic carbocycles. The maximum Gasteiger partial charge on any atom is 0.573 e. The fraction of sp³-hybridized carbons (Fsp3) is 0.208. The van der Waals surface area contributed by atoms with Crippen molar-refractivity contribution in [2.75, 3.05) is 0 Å². The molecule has 1 atom stereocenters. The van der Waals surface area contributed by atoms with Gasteiger partial charge in [0.2, 0.25) is 0 Å². The Bertz CT molecular complexity index is 1380. The van der Waals surface area contributed by atoms with Gasteiger partial charge >= 0.3 is 6.36 Å². The summed E-state index contributed by atoms with van der Waals surface area (Å²) in [4.78, 5) is 7.31. The molecule has 0 radical (unpaired) electrons. The molecule has 33 heavy (non-hydrogen) atoms. The van der Waals surface area contributed by atoms with Crippen LogP contribution in [-0.2, 0) is 9.84 Å². The van der Waals surface area contributed by atoms with Gasteiger partial charge in [0.05, 0.1) is 22.6 Å². The first kappa shape index (κ1) is 22.8. The molecule has 4 rings (SSSR count). The Kier molecular flexibility index (Phi) is 5.92. The summed E-state index contributed by atoms with van der Waals surface area (Å²) in [6.45, 7) is 3.16. The number of hydrogen-bond acceptors (Lipinski definition) is 4. The lowest BCUT2D eigenvalue weighted by molar-refractivity contribution is -0.274. The maximum atomic E-state index is 13.6. The fourth-order valence-electron chi connectivity index (χ4n) is 3.85. The molecule has 0 fully saturated rings. The highest BCUT2D eigenvalue weighted by Crippen LogP contribution is 2.44. The van der Waals surface area contributed by atoms with E-state index >= 15 is 0 Å². The number of aromatic nitrogens is 2. The van der Waals surface area contributed by atoms with Gasteiger partial charge in [-0.3, -0.25) is 0 Å². The minimum absolute atomic E-state index is 0.120. The van der Waals surface area contributed by atoms with Crippen LogP contribution in [0.1, 0.15) is 30.2 Å². The van der Waals surface area contributed by atoms with Crippen molar-refractivity contribution in [1.29, 1.82) is 0 Å². The number of para-hydroxylation sites is 1. The van der Waals surface area contributed by atoms with Crippen LogP contribution in [0.5, 0.6) is 5.75 Å². The average molecular weight is 475 g/mol. The van der Waals surface area contributed by atoms with E-state index in [2.05, 4.69) is 14.7 Å². The summed E-state index contributed by atoms with van der Waals surface area (Å²) in [5, 5.41) is -1.90. The van der Waals surface area contributed by atoms with Crippen LogP contribution in [0.15, 0.2) is 73.1 Å². The van der Waals surface area contributed by atoms with E-state index in [1.165, 1.54) is 24.5 Å². The predicted octanol–water partition coefficient (Wildman–Crippen LogP) is 6.04. The molecule has 0 aliphatic rings. The molecular formula is C24H21F3N2O3S. The Morgan fingerprint density at radius 3 is 2.24 bits per heavy atom. The zero-order valence-corrected chi connectivity index (χ0v) is 18.6. The van der Waals surface area contributed by atoms with Gasteiger partial charge in [0.15, 0.2) is 9.84 Å². The third-order valence-electron chi connectivity index (χ3n) is 5.38. The Balaban J connectivity index is 2.08. The molecule has 1 N–H and O–H groups in total. The molecule has 0 saturated carbocycles. The number of alkyl halides is 3. The Morgan fingerprint density at radius 2 is 1.58 bits per heavy atom. The number of aromatic amines is 1. The lowest BCUT2D eigenvalue weighted by Crippen LogP contribution is -2.24. The van der Waals surface area contributed by atoms with Crippen LogP contribution in [0.2, 0.25) is 0 Å². The lowest BCUT2D eigenvalue weighted by atomic mass is 9.92. The van der Waals surface area contributed by atoms with Crippen molar-refractivity contribution >= 4 is 20.9 Å². The fourth-order valence-corrected chi connectivity index (χ4v) is 5.50. The summed E-state index contributed by atoms with van der Waals surface area (Å²) in [6, 6.07) is 17.5. The van der Waals surface area contributed by atoms with Gasteiger partial charge in [-0.2, -0.15) is 0 Å². The van der Waals surface area contributed by atoms with Crippen LogP contribution in [0.3, 0.4) is 0 Å². The quantitative estimate of drug-likeness (QED) is 0.370. The summed E-state index contributed by atoms with van der Waals surface area (Å²) >= 11 is 0. The van der Waals surface area contributed by atoms with Crippen LogP contribution in [0, 0.1) is 0 Å². The third kappa shape index (κ3) is 4.45. The van der Waals surface area contributed by atoms with E-state index in [0.717, 1.165) is 0 Å². The topological polar surface area (TPSA) is 72.1 Å². The van der Waals surface area contributed by atoms with Crippen LogP contribution in [0.25, 0.3) is 22.2 Å². The molecular weight excluding hydrogens is 453 g/mol. The molecule has 1 heterocycles. The number of nitrogens with zero attached hydrogens (tertiary/aromatic N) is 1. The lowest BCUT2D eigenvalue weighted by Gasteiger charge is -2.25. The van der Waals surface area contributed by atoms with E-state index in [-0.39, 0.29) is 5.56 Å². The minimum Gasteiger partial charge on any atom is -0.405 e. The number of sulfone groups is 1. The molecule has 0 aliphatic heterocycles. The molecule has 0 spiro atoms. The second-order valence-electron chi connectivity index (χ2n) is 7.80. The van der Waals surface area contributed by atoms with E-state index in [4.69, 9.17) is 0 Å². The normalized spacial score (nSPS) is 13.4. The summed E-state index contributed by atoms with van der Waals surface area (Å²) < 4.78 is 70.9. The van der Waals surface area contributed by atoms with Gasteiger partial charge in [-0.1, -0.05) is 54.6 Å². The number of H-pyrrole nitrogens is 1. The Morgan fingerprint density at radius 1 is 0.909 bits per heavy atom. The van der Waals surface area contributed by atoms with Crippen molar-refractivity contribution < 1.29 is 26.3 Å². The van der Waals surface area contributed by atoms with Crippen molar-refractivity contribution in [2.24, 2.45) is 0 Å². The highest BCUT2D eigenvalue weighted by molar-refractivity contribution is 7.92. The molecule has 4 aromatic rings. The average Bonchev–Trinajstić information content (AvgIpc) is 3.23. The third-order valence-corrected chi connectivity index (χ3v) is 7.86. The molecule has 3 aromatic carbocycles. The van der Waals surface area contributed by atoms with E-state index < -0.39 is 32.4 Å². The standard InChI is InChI=1S/C24H21F3N2O3S/c1-15(2)33(30,31)23(16-8-4-3-5-9-16)21-18(12-13-19-22(21)29-14-28-19)17-10-6-7-11-20(17)32-24(25,26)27/h3-15,23H,1-2H3,(H,28,29). The molecule has 172 valence electrons. The zero-order chi connectivity index (χ0) is 23.8. The van der Waals surface area contributed by atoms with Gasteiger partial charge in [0.25, 0.3) is 0 Å². The smallest absolute Gasteiger partial charge is 0.405 e. The number of imidazole rings is 1. The summed E-state index contributed by atoms with van der Waals surface area (Å²) in [5.74, 6) is -0.421. The number of ether oxygens (including phenoxy) is 1. The predicted molar refractivity (Wildman–Crippen MR) is 121 cm³/mol. The van der Waals surface area contributed by atoms with Crippen molar-refractivity contribution in [3.05, 3.63) is 84.2 Å². The van der Waals surface area contributed by atoms with Crippen LogP contribution in [-0.4, -0.2) is 30.0 Å².